The van der Waals surface area contributed by atoms with Crippen molar-refractivity contribution in [1.82, 2.24) is 10.6 Å². The van der Waals surface area contributed by atoms with Crippen LogP contribution in [0, 0.1) is 5.92 Å². The third-order valence-electron chi connectivity index (χ3n) is 3.23. The van der Waals surface area contributed by atoms with E-state index in [1.807, 2.05) is 58.0 Å². The third kappa shape index (κ3) is 7.43. The van der Waals surface area contributed by atoms with Crippen LogP contribution in [0.3, 0.4) is 0 Å². The summed E-state index contributed by atoms with van der Waals surface area (Å²) >= 11 is 0. The Morgan fingerprint density at radius 1 is 1.27 bits per heavy atom. The average Bonchev–Trinajstić information content (AvgIpc) is 2.49. The molecule has 0 heterocycles. The van der Waals surface area contributed by atoms with Crippen molar-refractivity contribution in [3.05, 3.63) is 30.3 Å². The van der Waals surface area contributed by atoms with Gasteiger partial charge in [-0.15, -0.1) is 0 Å². The summed E-state index contributed by atoms with van der Waals surface area (Å²) in [5.74, 6) is 0.744. The van der Waals surface area contributed by atoms with Crippen molar-refractivity contribution in [3.8, 4) is 5.75 Å². The van der Waals surface area contributed by atoms with Gasteiger partial charge in [0.1, 0.15) is 18.5 Å². The number of carbonyl (C=O) groups excluding carboxylic acids is 1. The van der Waals surface area contributed by atoms with Gasteiger partial charge in [-0.1, -0.05) is 32.0 Å². The van der Waals surface area contributed by atoms with Gasteiger partial charge in [-0.2, -0.15) is 0 Å². The van der Waals surface area contributed by atoms with Gasteiger partial charge in [0, 0.05) is 24.5 Å². The Morgan fingerprint density at radius 2 is 1.91 bits per heavy atom. The van der Waals surface area contributed by atoms with E-state index >= 15 is 0 Å². The number of para-hydroxylation sites is 1. The van der Waals surface area contributed by atoms with Crippen LogP contribution in [-0.2, 0) is 4.79 Å². The Balaban J connectivity index is 2.26. The summed E-state index contributed by atoms with van der Waals surface area (Å²) in [4.78, 5) is 11.6. The summed E-state index contributed by atoms with van der Waals surface area (Å²) in [6.45, 7) is 8.83. The molecule has 5 nitrogen and oxygen atoms in total. The smallest absolute Gasteiger partial charge is 0.222 e. The van der Waals surface area contributed by atoms with E-state index < -0.39 is 6.10 Å². The lowest BCUT2D eigenvalue weighted by molar-refractivity contribution is -0.124. The minimum atomic E-state index is -0.611. The predicted molar refractivity (Wildman–Crippen MR) is 87.9 cm³/mol. The maximum absolute atomic E-state index is 11.6. The van der Waals surface area contributed by atoms with E-state index in [1.165, 1.54) is 0 Å². The van der Waals surface area contributed by atoms with Crippen LogP contribution in [0.4, 0.5) is 0 Å². The normalized spacial score (nSPS) is 13.0. The molecule has 5 heteroatoms. The minimum Gasteiger partial charge on any atom is -0.491 e. The van der Waals surface area contributed by atoms with Crippen LogP contribution >= 0.6 is 0 Å². The second kappa shape index (κ2) is 8.76. The van der Waals surface area contributed by atoms with Crippen LogP contribution in [0.15, 0.2) is 30.3 Å². The molecule has 1 aromatic carbocycles. The SMILES string of the molecule is CC(C)C(=O)NCC(C)(C)NCC(O)COc1ccccc1. The molecule has 1 atom stereocenters. The van der Waals surface area contributed by atoms with E-state index in [2.05, 4.69) is 10.6 Å². The molecule has 124 valence electrons. The fraction of sp³-hybridized carbons (Fsp3) is 0.588. The van der Waals surface area contributed by atoms with Gasteiger partial charge in [0.25, 0.3) is 0 Å². The number of aliphatic hydroxyl groups excluding tert-OH is 1. The van der Waals surface area contributed by atoms with Crippen LogP contribution in [0.2, 0.25) is 0 Å². The second-order valence-electron chi connectivity index (χ2n) is 6.42. The molecule has 22 heavy (non-hydrogen) atoms. The monoisotopic (exact) mass is 308 g/mol. The zero-order chi connectivity index (χ0) is 16.6. The van der Waals surface area contributed by atoms with Crippen molar-refractivity contribution in [2.75, 3.05) is 19.7 Å². The molecule has 0 saturated carbocycles. The lowest BCUT2D eigenvalue weighted by Crippen LogP contribution is -2.52. The molecule has 0 aromatic heterocycles. The number of rotatable bonds is 9. The number of ether oxygens (including phenoxy) is 1. The number of nitrogens with one attached hydrogen (secondary N) is 2. The van der Waals surface area contributed by atoms with Crippen molar-refractivity contribution >= 4 is 5.91 Å². The fourth-order valence-electron chi connectivity index (χ4n) is 1.74. The first kappa shape index (κ1) is 18.5. The van der Waals surface area contributed by atoms with Crippen molar-refractivity contribution in [2.24, 2.45) is 5.92 Å². The number of carbonyl (C=O) groups is 1. The molecule has 1 unspecified atom stereocenters. The molecular weight excluding hydrogens is 280 g/mol. The number of amides is 1. The highest BCUT2D eigenvalue weighted by Gasteiger charge is 2.20. The Kier molecular flexibility index (Phi) is 7.35. The molecule has 0 bridgehead atoms. The highest BCUT2D eigenvalue weighted by molar-refractivity contribution is 5.77. The van der Waals surface area contributed by atoms with Gasteiger partial charge in [0.05, 0.1) is 0 Å². The van der Waals surface area contributed by atoms with Crippen LogP contribution in [0.25, 0.3) is 0 Å². The minimum absolute atomic E-state index is 0.0272. The Hall–Kier alpha value is -1.59. The van der Waals surface area contributed by atoms with Crippen molar-refractivity contribution in [1.29, 1.82) is 0 Å². The average molecular weight is 308 g/mol. The van der Waals surface area contributed by atoms with Gasteiger partial charge < -0.3 is 20.5 Å². The predicted octanol–water partition coefficient (Wildman–Crippen LogP) is 1.57. The lowest BCUT2D eigenvalue weighted by atomic mass is 10.0. The summed E-state index contributed by atoms with van der Waals surface area (Å²) in [5.41, 5.74) is -0.293. The first-order chi connectivity index (χ1) is 10.3. The summed E-state index contributed by atoms with van der Waals surface area (Å²) in [5, 5.41) is 16.1. The zero-order valence-electron chi connectivity index (χ0n) is 13.9. The summed E-state index contributed by atoms with van der Waals surface area (Å²) in [6, 6.07) is 9.40. The van der Waals surface area contributed by atoms with Crippen molar-refractivity contribution in [3.63, 3.8) is 0 Å². The number of β-amino-alcohol motifs (C(OH)–C–C–N with tert-alkyl or cyclic N) is 1. The molecule has 0 aliphatic carbocycles. The van der Waals surface area contributed by atoms with Crippen LogP contribution < -0.4 is 15.4 Å². The topological polar surface area (TPSA) is 70.6 Å². The maximum atomic E-state index is 11.6. The van der Waals surface area contributed by atoms with E-state index in [9.17, 15) is 9.90 Å². The maximum Gasteiger partial charge on any atom is 0.222 e. The first-order valence-electron chi connectivity index (χ1n) is 7.69. The van der Waals surface area contributed by atoms with Gasteiger partial charge in [-0.25, -0.2) is 0 Å². The molecule has 0 radical (unpaired) electrons. The largest absolute Gasteiger partial charge is 0.491 e. The van der Waals surface area contributed by atoms with Gasteiger partial charge in [-0.3, -0.25) is 4.79 Å². The van der Waals surface area contributed by atoms with E-state index in [1.54, 1.807) is 0 Å². The molecule has 0 spiro atoms. The molecule has 0 aliphatic heterocycles. The van der Waals surface area contributed by atoms with Crippen LogP contribution in [0.1, 0.15) is 27.7 Å². The van der Waals surface area contributed by atoms with Gasteiger partial charge in [-0.05, 0) is 26.0 Å². The summed E-state index contributed by atoms with van der Waals surface area (Å²) < 4.78 is 5.50. The molecule has 1 rings (SSSR count). The highest BCUT2D eigenvalue weighted by Crippen LogP contribution is 2.08. The molecule has 3 N–H and O–H groups in total. The van der Waals surface area contributed by atoms with Crippen LogP contribution in [0.5, 0.6) is 5.75 Å². The van der Waals surface area contributed by atoms with Crippen LogP contribution in [-0.4, -0.2) is 42.4 Å². The lowest BCUT2D eigenvalue weighted by Gasteiger charge is -2.28. The molecular formula is C17H28N2O3. The van der Waals surface area contributed by atoms with E-state index in [0.717, 1.165) is 5.75 Å². The number of hydrogen-bond acceptors (Lipinski definition) is 4. The van der Waals surface area contributed by atoms with Crippen molar-refractivity contribution < 1.29 is 14.6 Å². The van der Waals surface area contributed by atoms with E-state index in [-0.39, 0.29) is 24.0 Å². The Morgan fingerprint density at radius 3 is 2.50 bits per heavy atom. The van der Waals surface area contributed by atoms with E-state index in [0.29, 0.717) is 13.1 Å². The highest BCUT2D eigenvalue weighted by atomic mass is 16.5. The third-order valence-corrected chi connectivity index (χ3v) is 3.23. The second-order valence-corrected chi connectivity index (χ2v) is 6.42. The van der Waals surface area contributed by atoms with Gasteiger partial charge >= 0.3 is 0 Å². The molecule has 0 saturated heterocycles. The standard InChI is InChI=1S/C17H28N2O3/c1-13(2)16(21)18-12-17(3,4)19-10-14(20)11-22-15-8-6-5-7-9-15/h5-9,13-14,19-20H,10-12H2,1-4H3,(H,18,21). The summed E-state index contributed by atoms with van der Waals surface area (Å²) in [6.07, 6.45) is -0.611. The Labute approximate surface area is 133 Å². The van der Waals surface area contributed by atoms with E-state index in [4.69, 9.17) is 4.74 Å². The van der Waals surface area contributed by atoms with Crippen molar-refractivity contribution in [2.45, 2.75) is 39.3 Å². The quantitative estimate of drug-likeness (QED) is 0.647. The summed E-state index contributed by atoms with van der Waals surface area (Å²) in [7, 11) is 0. The zero-order valence-corrected chi connectivity index (χ0v) is 13.9. The molecule has 1 aromatic rings. The fourth-order valence-corrected chi connectivity index (χ4v) is 1.74. The molecule has 1 amide bonds. The Bertz CT molecular complexity index is 446. The van der Waals surface area contributed by atoms with Gasteiger partial charge in [0.2, 0.25) is 5.91 Å². The van der Waals surface area contributed by atoms with Gasteiger partial charge in [0.15, 0.2) is 0 Å². The molecule has 0 aliphatic rings. The first-order valence-corrected chi connectivity index (χ1v) is 7.69. The number of benzene rings is 1. The molecule has 0 fully saturated rings. The number of hydrogen-bond donors (Lipinski definition) is 3. The number of aliphatic hydroxyl groups is 1.